The van der Waals surface area contributed by atoms with Crippen LogP contribution in [0.15, 0.2) is 30.3 Å². The van der Waals surface area contributed by atoms with Crippen LogP contribution in [0.1, 0.15) is 37.1 Å². The topological polar surface area (TPSA) is 37.8 Å². The summed E-state index contributed by atoms with van der Waals surface area (Å²) in [5.74, 6) is 2.15. The Bertz CT molecular complexity index is 594. The Morgan fingerprint density at radius 2 is 2.05 bits per heavy atom. The Hall–Kier alpha value is -1.61. The van der Waals surface area contributed by atoms with Gasteiger partial charge in [-0.05, 0) is 30.9 Å². The second-order valence-corrected chi connectivity index (χ2v) is 5.23. The minimum absolute atomic E-state index is 0.501. The molecule has 1 fully saturated rings. The van der Waals surface area contributed by atoms with E-state index >= 15 is 0 Å². The lowest BCUT2D eigenvalue weighted by atomic mass is 10.1. The summed E-state index contributed by atoms with van der Waals surface area (Å²) in [6.45, 7) is 2.14. The van der Waals surface area contributed by atoms with Crippen LogP contribution in [0.5, 0.6) is 0 Å². The lowest BCUT2D eigenvalue weighted by molar-refractivity contribution is 0.930. The highest BCUT2D eigenvalue weighted by Gasteiger charge is 2.27. The molecule has 0 amide bonds. The van der Waals surface area contributed by atoms with Crippen LogP contribution in [-0.2, 0) is 6.42 Å². The molecule has 1 aliphatic carbocycles. The van der Waals surface area contributed by atoms with Crippen LogP contribution in [0.3, 0.4) is 0 Å². The predicted molar refractivity (Wildman–Crippen MR) is 78.1 cm³/mol. The van der Waals surface area contributed by atoms with Crippen molar-refractivity contribution in [2.24, 2.45) is 0 Å². The number of para-hydroxylation sites is 1. The molecule has 0 bridgehead atoms. The monoisotopic (exact) mass is 273 g/mol. The number of hydrogen-bond donors (Lipinski definition) is 1. The van der Waals surface area contributed by atoms with Gasteiger partial charge in [-0.1, -0.05) is 36.7 Å². The molecule has 98 valence electrons. The highest BCUT2D eigenvalue weighted by atomic mass is 35.5. The molecule has 1 aromatic heterocycles. The summed E-state index contributed by atoms with van der Waals surface area (Å²) in [6.07, 6.45) is 3.33. The summed E-state index contributed by atoms with van der Waals surface area (Å²) < 4.78 is 0. The van der Waals surface area contributed by atoms with Crippen molar-refractivity contribution in [3.8, 4) is 0 Å². The zero-order valence-corrected chi connectivity index (χ0v) is 11.6. The van der Waals surface area contributed by atoms with Crippen molar-refractivity contribution in [2.75, 3.05) is 5.32 Å². The normalized spacial score (nSPS) is 14.4. The van der Waals surface area contributed by atoms with E-state index in [-0.39, 0.29) is 0 Å². The molecule has 0 saturated heterocycles. The van der Waals surface area contributed by atoms with Crippen LogP contribution in [-0.4, -0.2) is 9.97 Å². The van der Waals surface area contributed by atoms with Gasteiger partial charge in [0.15, 0.2) is 0 Å². The summed E-state index contributed by atoms with van der Waals surface area (Å²) in [5, 5.41) is 3.86. The molecule has 4 heteroatoms. The van der Waals surface area contributed by atoms with Crippen molar-refractivity contribution in [2.45, 2.75) is 32.1 Å². The number of aryl methyl sites for hydroxylation is 1. The van der Waals surface area contributed by atoms with Gasteiger partial charge in [0.05, 0.1) is 0 Å². The van der Waals surface area contributed by atoms with Gasteiger partial charge in [-0.15, -0.1) is 0 Å². The van der Waals surface area contributed by atoms with Gasteiger partial charge in [-0.25, -0.2) is 9.97 Å². The summed E-state index contributed by atoms with van der Waals surface area (Å²) in [5.41, 5.74) is 2.35. The number of anilines is 2. The standard InChI is InChI=1S/C15H16ClN3/c1-2-10-5-3-4-6-12(10)17-14-9-13(16)18-15(19-14)11-7-8-11/h3-6,9,11H,2,7-8H2,1H3,(H,17,18,19). The summed E-state index contributed by atoms with van der Waals surface area (Å²) >= 11 is 6.07. The Morgan fingerprint density at radius 3 is 2.79 bits per heavy atom. The molecule has 2 aromatic rings. The average molecular weight is 274 g/mol. The average Bonchev–Trinajstić information content (AvgIpc) is 3.23. The maximum absolute atomic E-state index is 6.07. The third-order valence-corrected chi connectivity index (χ3v) is 3.51. The zero-order chi connectivity index (χ0) is 13.2. The van der Waals surface area contributed by atoms with Gasteiger partial charge in [0.2, 0.25) is 0 Å². The van der Waals surface area contributed by atoms with E-state index in [0.29, 0.717) is 11.1 Å². The molecular weight excluding hydrogens is 258 g/mol. The fourth-order valence-electron chi connectivity index (χ4n) is 2.11. The fraction of sp³-hybridized carbons (Fsp3) is 0.333. The number of nitrogens with zero attached hydrogens (tertiary/aromatic N) is 2. The number of aromatic nitrogens is 2. The van der Waals surface area contributed by atoms with Crippen molar-refractivity contribution in [3.05, 3.63) is 46.9 Å². The molecule has 0 atom stereocenters. The molecule has 1 saturated carbocycles. The van der Waals surface area contributed by atoms with Gasteiger partial charge < -0.3 is 5.32 Å². The molecule has 1 aliphatic rings. The van der Waals surface area contributed by atoms with Crippen LogP contribution in [0.25, 0.3) is 0 Å². The Balaban J connectivity index is 1.90. The van der Waals surface area contributed by atoms with Crippen molar-refractivity contribution < 1.29 is 0 Å². The molecular formula is C15H16ClN3. The molecule has 0 radical (unpaired) electrons. The van der Waals surface area contributed by atoms with Gasteiger partial charge in [0.1, 0.15) is 16.8 Å². The first kappa shape index (κ1) is 12.4. The maximum Gasteiger partial charge on any atom is 0.135 e. The molecule has 1 N–H and O–H groups in total. The Labute approximate surface area is 118 Å². The van der Waals surface area contributed by atoms with Crippen molar-refractivity contribution >= 4 is 23.1 Å². The molecule has 0 spiro atoms. The molecule has 0 aliphatic heterocycles. The van der Waals surface area contributed by atoms with E-state index in [1.54, 1.807) is 6.07 Å². The number of hydrogen-bond acceptors (Lipinski definition) is 3. The predicted octanol–water partition coefficient (Wildman–Crippen LogP) is 4.31. The highest BCUT2D eigenvalue weighted by Crippen LogP contribution is 2.39. The smallest absolute Gasteiger partial charge is 0.135 e. The molecule has 19 heavy (non-hydrogen) atoms. The SMILES string of the molecule is CCc1ccccc1Nc1cc(Cl)nc(C2CC2)n1. The summed E-state index contributed by atoms with van der Waals surface area (Å²) in [6, 6.07) is 10.0. The lowest BCUT2D eigenvalue weighted by Gasteiger charge is -2.11. The first-order chi connectivity index (χ1) is 9.26. The van der Waals surface area contributed by atoms with E-state index < -0.39 is 0 Å². The molecule has 3 rings (SSSR count). The number of benzene rings is 1. The van der Waals surface area contributed by atoms with Crippen molar-refractivity contribution in [3.63, 3.8) is 0 Å². The van der Waals surface area contributed by atoms with Gasteiger partial charge in [-0.3, -0.25) is 0 Å². The second kappa shape index (κ2) is 5.17. The minimum atomic E-state index is 0.501. The highest BCUT2D eigenvalue weighted by molar-refractivity contribution is 6.29. The summed E-state index contributed by atoms with van der Waals surface area (Å²) in [4.78, 5) is 8.85. The van der Waals surface area contributed by atoms with Crippen molar-refractivity contribution in [1.29, 1.82) is 0 Å². The van der Waals surface area contributed by atoms with Gasteiger partial charge >= 0.3 is 0 Å². The van der Waals surface area contributed by atoms with Crippen LogP contribution in [0.2, 0.25) is 5.15 Å². The van der Waals surface area contributed by atoms with Gasteiger partial charge in [0.25, 0.3) is 0 Å². The number of rotatable bonds is 4. The van der Waals surface area contributed by atoms with E-state index in [9.17, 15) is 0 Å². The first-order valence-electron chi connectivity index (χ1n) is 6.65. The van der Waals surface area contributed by atoms with E-state index in [4.69, 9.17) is 11.6 Å². The van der Waals surface area contributed by atoms with E-state index in [1.165, 1.54) is 18.4 Å². The van der Waals surface area contributed by atoms with Gasteiger partial charge in [-0.2, -0.15) is 0 Å². The molecule has 3 nitrogen and oxygen atoms in total. The number of nitrogens with one attached hydrogen (secondary N) is 1. The molecule has 0 unspecified atom stereocenters. The first-order valence-corrected chi connectivity index (χ1v) is 7.03. The third kappa shape index (κ3) is 2.87. The van der Waals surface area contributed by atoms with Crippen LogP contribution in [0, 0.1) is 0 Å². The third-order valence-electron chi connectivity index (χ3n) is 3.32. The van der Waals surface area contributed by atoms with Gasteiger partial charge in [0, 0.05) is 17.7 Å². The molecule has 1 heterocycles. The summed E-state index contributed by atoms with van der Waals surface area (Å²) in [7, 11) is 0. The fourth-order valence-corrected chi connectivity index (χ4v) is 2.30. The van der Waals surface area contributed by atoms with Crippen LogP contribution < -0.4 is 5.32 Å². The number of halogens is 1. The maximum atomic E-state index is 6.07. The van der Waals surface area contributed by atoms with E-state index in [1.807, 2.05) is 12.1 Å². The lowest BCUT2D eigenvalue weighted by Crippen LogP contribution is -2.01. The van der Waals surface area contributed by atoms with E-state index in [0.717, 1.165) is 23.8 Å². The largest absolute Gasteiger partial charge is 0.340 e. The van der Waals surface area contributed by atoms with Crippen LogP contribution >= 0.6 is 11.6 Å². The quantitative estimate of drug-likeness (QED) is 0.844. The Morgan fingerprint density at radius 1 is 1.26 bits per heavy atom. The van der Waals surface area contributed by atoms with Crippen LogP contribution in [0.4, 0.5) is 11.5 Å². The Kier molecular flexibility index (Phi) is 3.38. The minimum Gasteiger partial charge on any atom is -0.340 e. The van der Waals surface area contributed by atoms with E-state index in [2.05, 4.69) is 34.3 Å². The molecule has 1 aromatic carbocycles. The van der Waals surface area contributed by atoms with Crippen molar-refractivity contribution in [1.82, 2.24) is 9.97 Å². The second-order valence-electron chi connectivity index (χ2n) is 4.84. The zero-order valence-electron chi connectivity index (χ0n) is 10.9.